The first-order valence-corrected chi connectivity index (χ1v) is 6.48. The van der Waals surface area contributed by atoms with E-state index in [4.69, 9.17) is 27.3 Å². The summed E-state index contributed by atoms with van der Waals surface area (Å²) in [6.45, 7) is 0. The Hall–Kier alpha value is -1.72. The van der Waals surface area contributed by atoms with Crippen molar-refractivity contribution in [3.05, 3.63) is 57.5 Å². The van der Waals surface area contributed by atoms with E-state index < -0.39 is 0 Å². The van der Waals surface area contributed by atoms with Crippen molar-refractivity contribution in [2.75, 3.05) is 0 Å². The molecule has 0 saturated heterocycles. The summed E-state index contributed by atoms with van der Waals surface area (Å²) >= 11 is 9.43. The second kappa shape index (κ2) is 5.95. The molecule has 0 aliphatic carbocycles. The van der Waals surface area contributed by atoms with Crippen LogP contribution in [0.1, 0.15) is 5.56 Å². The van der Waals surface area contributed by atoms with Crippen LogP contribution in [0.4, 0.5) is 0 Å². The molecule has 2 rings (SSSR count). The van der Waals surface area contributed by atoms with Crippen LogP contribution in [0.5, 0.6) is 11.5 Å². The minimum atomic E-state index is -0.00269. The highest BCUT2D eigenvalue weighted by molar-refractivity contribution is 9.10. The predicted octanol–water partition coefficient (Wildman–Crippen LogP) is 3.99. The van der Waals surface area contributed by atoms with E-state index in [0.29, 0.717) is 22.1 Å². The number of nitrogens with zero attached hydrogens (tertiary/aromatic N) is 1. The van der Waals surface area contributed by atoms with E-state index in [1.165, 1.54) is 0 Å². The van der Waals surface area contributed by atoms with Gasteiger partial charge in [0, 0.05) is 10.0 Å². The van der Waals surface area contributed by atoms with Gasteiger partial charge in [0.15, 0.2) is 5.84 Å². The number of benzene rings is 2. The average molecular weight is 342 g/mol. The zero-order valence-corrected chi connectivity index (χ0v) is 12.0. The molecule has 0 aliphatic heterocycles. The lowest BCUT2D eigenvalue weighted by Crippen LogP contribution is -2.12. The van der Waals surface area contributed by atoms with E-state index in [0.717, 1.165) is 4.47 Å². The third-order valence-corrected chi connectivity index (χ3v) is 3.20. The van der Waals surface area contributed by atoms with Crippen LogP contribution in [0.2, 0.25) is 5.02 Å². The number of nitrogens with two attached hydrogens (primary N) is 1. The second-order valence-corrected chi connectivity index (χ2v) is 5.01. The maximum Gasteiger partial charge on any atom is 0.170 e. The van der Waals surface area contributed by atoms with Gasteiger partial charge in [0.05, 0.1) is 5.02 Å². The van der Waals surface area contributed by atoms with Crippen LogP contribution < -0.4 is 10.5 Å². The fourth-order valence-corrected chi connectivity index (χ4v) is 1.91. The van der Waals surface area contributed by atoms with Crippen LogP contribution in [-0.4, -0.2) is 11.0 Å². The fourth-order valence-electron chi connectivity index (χ4n) is 1.43. The van der Waals surface area contributed by atoms with Gasteiger partial charge < -0.3 is 15.7 Å². The Morgan fingerprint density at radius 2 is 1.89 bits per heavy atom. The van der Waals surface area contributed by atoms with Crippen molar-refractivity contribution in [3.63, 3.8) is 0 Å². The smallest absolute Gasteiger partial charge is 0.170 e. The molecule has 4 nitrogen and oxygen atoms in total. The molecule has 0 radical (unpaired) electrons. The van der Waals surface area contributed by atoms with Crippen LogP contribution in [0.25, 0.3) is 0 Å². The molecule has 0 unspecified atom stereocenters. The normalized spacial score (nSPS) is 11.4. The van der Waals surface area contributed by atoms with Gasteiger partial charge in [-0.1, -0.05) is 32.7 Å². The largest absolute Gasteiger partial charge is 0.456 e. The lowest BCUT2D eigenvalue weighted by Gasteiger charge is -2.08. The first kappa shape index (κ1) is 13.7. The first-order valence-electron chi connectivity index (χ1n) is 5.31. The number of hydrogen-bond acceptors (Lipinski definition) is 3. The van der Waals surface area contributed by atoms with Crippen LogP contribution in [-0.2, 0) is 0 Å². The van der Waals surface area contributed by atoms with Gasteiger partial charge in [-0.25, -0.2) is 0 Å². The Labute approximate surface area is 123 Å². The quantitative estimate of drug-likeness (QED) is 0.384. The monoisotopic (exact) mass is 340 g/mol. The number of rotatable bonds is 3. The molecule has 0 aliphatic rings. The molecule has 0 fully saturated rings. The van der Waals surface area contributed by atoms with Crippen molar-refractivity contribution in [1.29, 1.82) is 0 Å². The highest BCUT2D eigenvalue weighted by Crippen LogP contribution is 2.30. The summed E-state index contributed by atoms with van der Waals surface area (Å²) in [4.78, 5) is 0. The number of oxime groups is 1. The van der Waals surface area contributed by atoms with Crippen molar-refractivity contribution < 1.29 is 9.94 Å². The molecule has 0 heterocycles. The molecule has 2 aromatic carbocycles. The van der Waals surface area contributed by atoms with Crippen molar-refractivity contribution in [2.45, 2.75) is 0 Å². The molecule has 0 spiro atoms. The van der Waals surface area contributed by atoms with Crippen LogP contribution in [0.15, 0.2) is 52.1 Å². The SMILES string of the molecule is NC(=NO)c1ccc(Oc2ccc(Br)cc2)c(Cl)c1. The van der Waals surface area contributed by atoms with E-state index in [1.54, 1.807) is 18.2 Å². The Morgan fingerprint density at radius 1 is 1.21 bits per heavy atom. The summed E-state index contributed by atoms with van der Waals surface area (Å²) in [6.07, 6.45) is 0. The lowest BCUT2D eigenvalue weighted by molar-refractivity contribution is 0.318. The third kappa shape index (κ3) is 3.39. The van der Waals surface area contributed by atoms with Gasteiger partial charge in [-0.3, -0.25) is 0 Å². The van der Waals surface area contributed by atoms with E-state index in [-0.39, 0.29) is 5.84 Å². The molecule has 98 valence electrons. The van der Waals surface area contributed by atoms with Gasteiger partial charge in [-0.15, -0.1) is 0 Å². The standard InChI is InChI=1S/C13H10BrClN2O2/c14-9-2-4-10(5-3-9)19-12-6-1-8(7-11(12)15)13(16)17-18/h1-7,18H,(H2,16,17). The topological polar surface area (TPSA) is 67.8 Å². The van der Waals surface area contributed by atoms with E-state index in [2.05, 4.69) is 21.1 Å². The lowest BCUT2D eigenvalue weighted by atomic mass is 10.2. The minimum absolute atomic E-state index is 0.00269. The summed E-state index contributed by atoms with van der Waals surface area (Å²) < 4.78 is 6.60. The van der Waals surface area contributed by atoms with E-state index in [1.807, 2.05) is 24.3 Å². The Balaban J connectivity index is 2.24. The summed E-state index contributed by atoms with van der Waals surface area (Å²) in [5, 5.41) is 11.9. The van der Waals surface area contributed by atoms with Gasteiger partial charge in [0.25, 0.3) is 0 Å². The maximum absolute atomic E-state index is 8.59. The minimum Gasteiger partial charge on any atom is -0.456 e. The number of hydrogen-bond donors (Lipinski definition) is 2. The summed E-state index contributed by atoms with van der Waals surface area (Å²) in [5.74, 6) is 1.16. The molecule has 0 aromatic heterocycles. The molecule has 3 N–H and O–H groups in total. The van der Waals surface area contributed by atoms with Crippen LogP contribution in [0, 0.1) is 0 Å². The second-order valence-electron chi connectivity index (χ2n) is 3.69. The molecular formula is C13H10BrClN2O2. The Kier molecular flexibility index (Phi) is 4.29. The molecule has 0 amide bonds. The predicted molar refractivity (Wildman–Crippen MR) is 78.2 cm³/mol. The number of halogens is 2. The average Bonchev–Trinajstić information content (AvgIpc) is 2.42. The van der Waals surface area contributed by atoms with E-state index >= 15 is 0 Å². The highest BCUT2D eigenvalue weighted by Gasteiger charge is 2.07. The summed E-state index contributed by atoms with van der Waals surface area (Å²) in [5.41, 5.74) is 6.00. The summed E-state index contributed by atoms with van der Waals surface area (Å²) in [6, 6.07) is 12.3. The van der Waals surface area contributed by atoms with Gasteiger partial charge in [0.1, 0.15) is 11.5 Å². The molecule has 19 heavy (non-hydrogen) atoms. The number of amidine groups is 1. The van der Waals surface area contributed by atoms with Gasteiger partial charge in [0.2, 0.25) is 0 Å². The molecule has 0 bridgehead atoms. The third-order valence-electron chi connectivity index (χ3n) is 2.38. The molecule has 0 saturated carbocycles. The Bertz CT molecular complexity index is 615. The molecule has 6 heteroatoms. The Morgan fingerprint density at radius 3 is 2.47 bits per heavy atom. The van der Waals surface area contributed by atoms with E-state index in [9.17, 15) is 0 Å². The van der Waals surface area contributed by atoms with Gasteiger partial charge in [-0.05, 0) is 42.5 Å². The molecular weight excluding hydrogens is 332 g/mol. The van der Waals surface area contributed by atoms with Crippen molar-refractivity contribution in [2.24, 2.45) is 10.9 Å². The van der Waals surface area contributed by atoms with Crippen LogP contribution >= 0.6 is 27.5 Å². The molecule has 0 atom stereocenters. The zero-order valence-electron chi connectivity index (χ0n) is 9.68. The van der Waals surface area contributed by atoms with Gasteiger partial charge in [-0.2, -0.15) is 0 Å². The van der Waals surface area contributed by atoms with Crippen LogP contribution in [0.3, 0.4) is 0 Å². The fraction of sp³-hybridized carbons (Fsp3) is 0. The van der Waals surface area contributed by atoms with Crippen molar-refractivity contribution in [1.82, 2.24) is 0 Å². The summed E-state index contributed by atoms with van der Waals surface area (Å²) in [7, 11) is 0. The van der Waals surface area contributed by atoms with Gasteiger partial charge >= 0.3 is 0 Å². The highest BCUT2D eigenvalue weighted by atomic mass is 79.9. The van der Waals surface area contributed by atoms with Crippen molar-refractivity contribution >= 4 is 33.4 Å². The molecule has 2 aromatic rings. The number of ether oxygens (including phenoxy) is 1. The zero-order chi connectivity index (χ0) is 13.8. The maximum atomic E-state index is 8.59. The van der Waals surface area contributed by atoms with Crippen molar-refractivity contribution in [3.8, 4) is 11.5 Å². The first-order chi connectivity index (χ1) is 9.10.